The summed E-state index contributed by atoms with van der Waals surface area (Å²) in [5.41, 5.74) is 0.0438. The van der Waals surface area contributed by atoms with Crippen LogP contribution in [-0.2, 0) is 6.18 Å². The molecule has 0 bridgehead atoms. The van der Waals surface area contributed by atoms with Gasteiger partial charge < -0.3 is 19.7 Å². The zero-order valence-electron chi connectivity index (χ0n) is 15.6. The molecule has 3 rings (SSSR count). The lowest BCUT2D eigenvalue weighted by Gasteiger charge is -2.23. The quantitative estimate of drug-likeness (QED) is 0.807. The fourth-order valence-corrected chi connectivity index (χ4v) is 3.23. The molecule has 0 aliphatic carbocycles. The Morgan fingerprint density at radius 2 is 1.75 bits per heavy atom. The largest absolute Gasteiger partial charge is 0.497 e. The van der Waals surface area contributed by atoms with E-state index in [1.807, 2.05) is 4.90 Å². The van der Waals surface area contributed by atoms with Crippen molar-refractivity contribution in [3.05, 3.63) is 47.5 Å². The number of carbonyl (C=O) groups excluding carboxylic acids is 1. The highest BCUT2D eigenvalue weighted by atomic mass is 19.4. The smallest absolute Gasteiger partial charge is 0.416 e. The van der Waals surface area contributed by atoms with Gasteiger partial charge in [-0.3, -0.25) is 4.79 Å². The zero-order chi connectivity index (χ0) is 20.3. The monoisotopic (exact) mass is 394 g/mol. The molecule has 1 N–H and O–H groups in total. The molecule has 5 nitrogen and oxygen atoms in total. The predicted molar refractivity (Wildman–Crippen MR) is 100 cm³/mol. The standard InChI is InChI=1S/C20H21F3N2O3/c1-27-14-6-8-18(28-2)15(12-14)19(26)24-16-11-13(20(21,22)23)5-7-17(16)25-9-3-4-10-25/h5-8,11-12H,3-4,9-10H2,1-2H3,(H,24,26). The van der Waals surface area contributed by atoms with Crippen LogP contribution in [0.3, 0.4) is 0 Å². The molecule has 1 heterocycles. The first-order valence-electron chi connectivity index (χ1n) is 8.83. The number of nitrogens with zero attached hydrogens (tertiary/aromatic N) is 1. The SMILES string of the molecule is COc1ccc(OC)c(C(=O)Nc2cc(C(F)(F)F)ccc2N2CCCC2)c1. The van der Waals surface area contributed by atoms with E-state index in [0.29, 0.717) is 17.2 Å². The summed E-state index contributed by atoms with van der Waals surface area (Å²) in [7, 11) is 2.88. The van der Waals surface area contributed by atoms with Gasteiger partial charge in [-0.25, -0.2) is 0 Å². The van der Waals surface area contributed by atoms with E-state index in [4.69, 9.17) is 9.47 Å². The fraction of sp³-hybridized carbons (Fsp3) is 0.350. The molecular weight excluding hydrogens is 373 g/mol. The molecule has 2 aromatic carbocycles. The number of amides is 1. The molecule has 150 valence electrons. The average molecular weight is 394 g/mol. The fourth-order valence-electron chi connectivity index (χ4n) is 3.23. The Morgan fingerprint density at radius 1 is 1.04 bits per heavy atom. The van der Waals surface area contributed by atoms with Gasteiger partial charge in [0.25, 0.3) is 5.91 Å². The van der Waals surface area contributed by atoms with Crippen LogP contribution in [0.1, 0.15) is 28.8 Å². The average Bonchev–Trinajstić information content (AvgIpc) is 3.21. The van der Waals surface area contributed by atoms with Gasteiger partial charge in [-0.2, -0.15) is 13.2 Å². The van der Waals surface area contributed by atoms with Gasteiger partial charge in [0.1, 0.15) is 11.5 Å². The van der Waals surface area contributed by atoms with Crippen molar-refractivity contribution in [2.45, 2.75) is 19.0 Å². The van der Waals surface area contributed by atoms with Crippen molar-refractivity contribution in [3.63, 3.8) is 0 Å². The number of hydrogen-bond acceptors (Lipinski definition) is 4. The van der Waals surface area contributed by atoms with Crippen molar-refractivity contribution in [1.82, 2.24) is 0 Å². The van der Waals surface area contributed by atoms with Crippen LogP contribution < -0.4 is 19.7 Å². The van der Waals surface area contributed by atoms with E-state index in [1.165, 1.54) is 26.4 Å². The topological polar surface area (TPSA) is 50.8 Å². The minimum absolute atomic E-state index is 0.117. The highest BCUT2D eigenvalue weighted by Gasteiger charge is 2.32. The molecule has 0 unspecified atom stereocenters. The first-order valence-corrected chi connectivity index (χ1v) is 8.83. The molecule has 0 radical (unpaired) electrons. The van der Waals surface area contributed by atoms with Crippen LogP contribution >= 0.6 is 0 Å². The molecular formula is C20H21F3N2O3. The first-order chi connectivity index (χ1) is 13.3. The van der Waals surface area contributed by atoms with Crippen LogP contribution in [0.15, 0.2) is 36.4 Å². The third kappa shape index (κ3) is 4.16. The minimum atomic E-state index is -4.50. The lowest BCUT2D eigenvalue weighted by molar-refractivity contribution is -0.137. The maximum absolute atomic E-state index is 13.2. The molecule has 1 aliphatic rings. The zero-order valence-corrected chi connectivity index (χ0v) is 15.6. The Balaban J connectivity index is 1.99. The Bertz CT molecular complexity index is 862. The van der Waals surface area contributed by atoms with Crippen molar-refractivity contribution in [1.29, 1.82) is 0 Å². The Hall–Kier alpha value is -2.90. The summed E-state index contributed by atoms with van der Waals surface area (Å²) >= 11 is 0. The lowest BCUT2D eigenvalue weighted by atomic mass is 10.1. The molecule has 1 amide bonds. The highest BCUT2D eigenvalue weighted by Crippen LogP contribution is 2.37. The summed E-state index contributed by atoms with van der Waals surface area (Å²) in [4.78, 5) is 14.8. The van der Waals surface area contributed by atoms with E-state index in [9.17, 15) is 18.0 Å². The number of ether oxygens (including phenoxy) is 2. The Kier molecular flexibility index (Phi) is 5.67. The number of hydrogen-bond donors (Lipinski definition) is 1. The van der Waals surface area contributed by atoms with Crippen molar-refractivity contribution >= 4 is 17.3 Å². The maximum Gasteiger partial charge on any atom is 0.416 e. The first kappa shape index (κ1) is 19.9. The Labute approximate surface area is 161 Å². The predicted octanol–water partition coefficient (Wildman–Crippen LogP) is 4.58. The number of rotatable bonds is 5. The normalized spacial score (nSPS) is 14.1. The molecule has 0 aromatic heterocycles. The number of anilines is 2. The van der Waals surface area contributed by atoms with Crippen LogP contribution in [0.25, 0.3) is 0 Å². The molecule has 1 aliphatic heterocycles. The van der Waals surface area contributed by atoms with Gasteiger partial charge in [-0.1, -0.05) is 0 Å². The van der Waals surface area contributed by atoms with Crippen LogP contribution in [0.4, 0.5) is 24.5 Å². The second kappa shape index (κ2) is 8.00. The number of alkyl halides is 3. The highest BCUT2D eigenvalue weighted by molar-refractivity contribution is 6.08. The summed E-state index contributed by atoms with van der Waals surface area (Å²) < 4.78 is 49.9. The van der Waals surface area contributed by atoms with Gasteiger partial charge in [-0.15, -0.1) is 0 Å². The van der Waals surface area contributed by atoms with Crippen molar-refractivity contribution in [2.24, 2.45) is 0 Å². The third-order valence-corrected chi connectivity index (χ3v) is 4.67. The lowest BCUT2D eigenvalue weighted by Crippen LogP contribution is -2.22. The van der Waals surface area contributed by atoms with E-state index in [0.717, 1.165) is 38.1 Å². The summed E-state index contributed by atoms with van der Waals surface area (Å²) in [6, 6.07) is 8.11. The van der Waals surface area contributed by atoms with Gasteiger partial charge in [0.2, 0.25) is 0 Å². The van der Waals surface area contributed by atoms with E-state index in [-0.39, 0.29) is 11.3 Å². The second-order valence-electron chi connectivity index (χ2n) is 6.44. The van der Waals surface area contributed by atoms with Crippen molar-refractivity contribution in [3.8, 4) is 11.5 Å². The van der Waals surface area contributed by atoms with E-state index in [1.54, 1.807) is 12.1 Å². The van der Waals surface area contributed by atoms with Crippen LogP contribution in [0.5, 0.6) is 11.5 Å². The third-order valence-electron chi connectivity index (χ3n) is 4.67. The van der Waals surface area contributed by atoms with Gasteiger partial charge in [-0.05, 0) is 49.2 Å². The van der Waals surface area contributed by atoms with Crippen molar-refractivity contribution < 1.29 is 27.4 Å². The molecule has 2 aromatic rings. The minimum Gasteiger partial charge on any atom is -0.497 e. The van der Waals surface area contributed by atoms with Gasteiger partial charge in [0, 0.05) is 13.1 Å². The molecule has 8 heteroatoms. The van der Waals surface area contributed by atoms with Gasteiger partial charge in [0.05, 0.1) is 36.7 Å². The van der Waals surface area contributed by atoms with Gasteiger partial charge >= 0.3 is 6.18 Å². The molecule has 28 heavy (non-hydrogen) atoms. The number of halogens is 3. The number of nitrogens with one attached hydrogen (secondary N) is 1. The maximum atomic E-state index is 13.2. The summed E-state index contributed by atoms with van der Waals surface area (Å²) in [5, 5.41) is 2.63. The molecule has 1 fully saturated rings. The summed E-state index contributed by atoms with van der Waals surface area (Å²) in [6.45, 7) is 1.47. The molecule has 0 spiro atoms. The van der Waals surface area contributed by atoms with Crippen LogP contribution in [-0.4, -0.2) is 33.2 Å². The van der Waals surface area contributed by atoms with Crippen LogP contribution in [0, 0.1) is 0 Å². The number of carbonyl (C=O) groups is 1. The number of methoxy groups -OCH3 is 2. The summed E-state index contributed by atoms with van der Waals surface area (Å²) in [5.74, 6) is 0.165. The van der Waals surface area contributed by atoms with E-state index in [2.05, 4.69) is 5.32 Å². The van der Waals surface area contributed by atoms with Gasteiger partial charge in [0.15, 0.2) is 0 Å². The molecule has 1 saturated heterocycles. The van der Waals surface area contributed by atoms with E-state index < -0.39 is 17.6 Å². The Morgan fingerprint density at radius 3 is 2.36 bits per heavy atom. The van der Waals surface area contributed by atoms with E-state index >= 15 is 0 Å². The summed E-state index contributed by atoms with van der Waals surface area (Å²) in [6.07, 6.45) is -2.59. The number of benzene rings is 2. The second-order valence-corrected chi connectivity index (χ2v) is 6.44. The van der Waals surface area contributed by atoms with Crippen molar-refractivity contribution in [2.75, 3.05) is 37.5 Å². The molecule has 0 atom stereocenters. The molecule has 0 saturated carbocycles. The van der Waals surface area contributed by atoms with Crippen LogP contribution in [0.2, 0.25) is 0 Å².